The molecule has 0 saturated carbocycles. The molecular formula is C25H30N4O2S. The number of carbonyl (C=O) groups is 1. The Morgan fingerprint density at radius 3 is 2.69 bits per heavy atom. The smallest absolute Gasteiger partial charge is 0.259 e. The summed E-state index contributed by atoms with van der Waals surface area (Å²) in [5.74, 6) is 0.395. The van der Waals surface area contributed by atoms with Crippen LogP contribution in [0.4, 0.5) is 11.4 Å². The van der Waals surface area contributed by atoms with Crippen LogP contribution < -0.4 is 20.3 Å². The van der Waals surface area contributed by atoms with Crippen LogP contribution in [0.25, 0.3) is 0 Å². The van der Waals surface area contributed by atoms with Gasteiger partial charge in [-0.15, -0.1) is 11.3 Å². The van der Waals surface area contributed by atoms with Gasteiger partial charge < -0.3 is 20.3 Å². The summed E-state index contributed by atoms with van der Waals surface area (Å²) in [7, 11) is 1.57. The molecule has 0 radical (unpaired) electrons. The summed E-state index contributed by atoms with van der Waals surface area (Å²) in [5, 5.41) is 10.00. The number of para-hydroxylation sites is 1. The first-order chi connectivity index (χ1) is 15.5. The number of nitrogens with zero attached hydrogens (tertiary/aromatic N) is 2. The fourth-order valence-electron chi connectivity index (χ4n) is 4.13. The van der Waals surface area contributed by atoms with E-state index in [0.29, 0.717) is 17.4 Å². The third-order valence-electron chi connectivity index (χ3n) is 5.88. The van der Waals surface area contributed by atoms with E-state index in [1.54, 1.807) is 30.6 Å². The molecule has 7 heteroatoms. The number of anilines is 2. The number of methoxy groups -OCH3 is 1. The van der Waals surface area contributed by atoms with Gasteiger partial charge in [0.1, 0.15) is 5.75 Å². The maximum Gasteiger partial charge on any atom is 0.259 e. The molecule has 0 spiro atoms. The minimum atomic E-state index is -0.172. The van der Waals surface area contributed by atoms with Crippen LogP contribution in [-0.2, 0) is 0 Å². The largest absolute Gasteiger partial charge is 0.496 e. The molecule has 168 valence electrons. The van der Waals surface area contributed by atoms with Crippen molar-refractivity contribution in [3.05, 3.63) is 70.2 Å². The Hall–Kier alpha value is -2.90. The lowest BCUT2D eigenvalue weighted by Gasteiger charge is -2.35. The number of aryl methyl sites for hydroxylation is 1. The highest BCUT2D eigenvalue weighted by atomic mass is 32.1. The number of hydrogen-bond donors (Lipinski definition) is 2. The quantitative estimate of drug-likeness (QED) is 0.528. The van der Waals surface area contributed by atoms with Crippen LogP contribution >= 0.6 is 11.3 Å². The van der Waals surface area contributed by atoms with E-state index in [1.807, 2.05) is 37.3 Å². The summed E-state index contributed by atoms with van der Waals surface area (Å²) in [4.78, 5) is 19.7. The van der Waals surface area contributed by atoms with Crippen LogP contribution in [0.5, 0.6) is 5.75 Å². The van der Waals surface area contributed by atoms with Gasteiger partial charge in [0.25, 0.3) is 5.91 Å². The number of nitrogens with one attached hydrogen (secondary N) is 2. The van der Waals surface area contributed by atoms with Crippen LogP contribution in [0, 0.1) is 6.92 Å². The second-order valence-corrected chi connectivity index (χ2v) is 9.21. The summed E-state index contributed by atoms with van der Waals surface area (Å²) in [6.45, 7) is 6.19. The van der Waals surface area contributed by atoms with Gasteiger partial charge in [-0.2, -0.15) is 0 Å². The van der Waals surface area contributed by atoms with Gasteiger partial charge in [0, 0.05) is 41.9 Å². The normalized spacial score (nSPS) is 15.4. The molecule has 0 bridgehead atoms. The molecule has 32 heavy (non-hydrogen) atoms. The van der Waals surface area contributed by atoms with Gasteiger partial charge in [-0.05, 0) is 57.0 Å². The number of amides is 1. The molecule has 1 amide bonds. The first kappa shape index (κ1) is 22.3. The monoisotopic (exact) mass is 450 g/mol. The van der Waals surface area contributed by atoms with Crippen molar-refractivity contribution in [3.8, 4) is 5.75 Å². The van der Waals surface area contributed by atoms with Crippen molar-refractivity contribution in [1.29, 1.82) is 0 Å². The fourth-order valence-corrected chi connectivity index (χ4v) is 4.84. The predicted octanol–water partition coefficient (Wildman–Crippen LogP) is 5.03. The number of hydrogen-bond acceptors (Lipinski definition) is 6. The topological polar surface area (TPSA) is 66.5 Å². The SMILES string of the molecule is COc1ccccc1C(=O)Nc1cccc(N2CCC(N[C@@H](C)c3csc(C)n3)CC2)c1. The van der Waals surface area contributed by atoms with Gasteiger partial charge in [0.05, 0.1) is 23.4 Å². The Kier molecular flexibility index (Phi) is 7.07. The van der Waals surface area contributed by atoms with Crippen molar-refractivity contribution in [3.63, 3.8) is 0 Å². The molecule has 1 aliphatic rings. The van der Waals surface area contributed by atoms with E-state index in [2.05, 4.69) is 38.9 Å². The number of aromatic nitrogens is 1. The van der Waals surface area contributed by atoms with E-state index >= 15 is 0 Å². The van der Waals surface area contributed by atoms with Gasteiger partial charge in [-0.25, -0.2) is 4.98 Å². The molecule has 3 aromatic rings. The van der Waals surface area contributed by atoms with Crippen molar-refractivity contribution in [2.45, 2.75) is 38.8 Å². The van der Waals surface area contributed by atoms with Crippen molar-refractivity contribution < 1.29 is 9.53 Å². The number of carbonyl (C=O) groups excluding carboxylic acids is 1. The first-order valence-electron chi connectivity index (χ1n) is 11.0. The van der Waals surface area contributed by atoms with Gasteiger partial charge in [0.2, 0.25) is 0 Å². The number of rotatable bonds is 7. The van der Waals surface area contributed by atoms with Gasteiger partial charge >= 0.3 is 0 Å². The highest BCUT2D eigenvalue weighted by Crippen LogP contribution is 2.26. The molecule has 6 nitrogen and oxygen atoms in total. The lowest BCUT2D eigenvalue weighted by atomic mass is 10.0. The number of benzene rings is 2. The predicted molar refractivity (Wildman–Crippen MR) is 131 cm³/mol. The number of ether oxygens (including phenoxy) is 1. The third-order valence-corrected chi connectivity index (χ3v) is 6.67. The van der Waals surface area contributed by atoms with E-state index in [0.717, 1.165) is 48.0 Å². The van der Waals surface area contributed by atoms with E-state index in [1.165, 1.54) is 0 Å². The molecule has 1 saturated heterocycles. The van der Waals surface area contributed by atoms with Gasteiger partial charge in [0.15, 0.2) is 0 Å². The molecule has 0 unspecified atom stereocenters. The highest BCUT2D eigenvalue weighted by Gasteiger charge is 2.22. The van der Waals surface area contributed by atoms with Crippen LogP contribution in [0.1, 0.15) is 46.9 Å². The summed E-state index contributed by atoms with van der Waals surface area (Å²) in [6, 6.07) is 16.1. The van der Waals surface area contributed by atoms with E-state index in [-0.39, 0.29) is 11.9 Å². The van der Waals surface area contributed by atoms with Crippen molar-refractivity contribution in [2.24, 2.45) is 0 Å². The highest BCUT2D eigenvalue weighted by molar-refractivity contribution is 7.09. The number of piperidine rings is 1. The van der Waals surface area contributed by atoms with Crippen LogP contribution in [0.15, 0.2) is 53.9 Å². The average Bonchev–Trinajstić information content (AvgIpc) is 3.26. The van der Waals surface area contributed by atoms with Crippen molar-refractivity contribution in [1.82, 2.24) is 10.3 Å². The zero-order valence-corrected chi connectivity index (χ0v) is 19.6. The minimum Gasteiger partial charge on any atom is -0.496 e. The van der Waals surface area contributed by atoms with Crippen molar-refractivity contribution in [2.75, 3.05) is 30.4 Å². The second-order valence-electron chi connectivity index (χ2n) is 8.15. The van der Waals surface area contributed by atoms with Crippen LogP contribution in [0.3, 0.4) is 0 Å². The third kappa shape index (κ3) is 5.29. The lowest BCUT2D eigenvalue weighted by Crippen LogP contribution is -2.43. The molecule has 1 aromatic heterocycles. The summed E-state index contributed by atoms with van der Waals surface area (Å²) in [6.07, 6.45) is 2.15. The Morgan fingerprint density at radius 1 is 1.19 bits per heavy atom. The minimum absolute atomic E-state index is 0.172. The Bertz CT molecular complexity index is 1060. The zero-order valence-electron chi connectivity index (χ0n) is 18.8. The summed E-state index contributed by atoms with van der Waals surface area (Å²) >= 11 is 1.70. The molecule has 2 N–H and O–H groups in total. The number of thiazole rings is 1. The standard InChI is InChI=1S/C25H30N4O2S/c1-17(23-16-32-18(2)27-23)26-19-11-13-29(14-12-19)21-8-6-7-20(15-21)28-25(30)22-9-4-5-10-24(22)31-3/h4-10,15-17,19,26H,11-14H2,1-3H3,(H,28,30)/t17-/m0/s1. The molecule has 1 fully saturated rings. The molecule has 1 atom stereocenters. The molecule has 1 aliphatic heterocycles. The van der Waals surface area contributed by atoms with E-state index < -0.39 is 0 Å². The van der Waals surface area contributed by atoms with E-state index in [9.17, 15) is 4.79 Å². The molecule has 0 aliphatic carbocycles. The zero-order chi connectivity index (χ0) is 22.5. The van der Waals surface area contributed by atoms with Gasteiger partial charge in [-0.1, -0.05) is 18.2 Å². The van der Waals surface area contributed by atoms with Crippen LogP contribution in [-0.4, -0.2) is 37.1 Å². The second kappa shape index (κ2) is 10.1. The average molecular weight is 451 g/mol. The molecule has 2 heterocycles. The maximum absolute atomic E-state index is 12.7. The summed E-state index contributed by atoms with van der Waals surface area (Å²) in [5.41, 5.74) is 3.57. The Morgan fingerprint density at radius 2 is 1.97 bits per heavy atom. The fraction of sp³-hybridized carbons (Fsp3) is 0.360. The Balaban J connectivity index is 1.34. The van der Waals surface area contributed by atoms with Crippen LogP contribution in [0.2, 0.25) is 0 Å². The van der Waals surface area contributed by atoms with E-state index in [4.69, 9.17) is 4.74 Å². The molecular weight excluding hydrogens is 420 g/mol. The molecule has 4 rings (SSSR count). The first-order valence-corrected chi connectivity index (χ1v) is 11.9. The Labute approximate surface area is 193 Å². The van der Waals surface area contributed by atoms with Crippen molar-refractivity contribution >= 4 is 28.6 Å². The maximum atomic E-state index is 12.7. The lowest BCUT2D eigenvalue weighted by molar-refractivity contribution is 0.102. The van der Waals surface area contributed by atoms with Gasteiger partial charge in [-0.3, -0.25) is 4.79 Å². The molecule has 2 aromatic carbocycles. The summed E-state index contributed by atoms with van der Waals surface area (Å²) < 4.78 is 5.31.